The lowest BCUT2D eigenvalue weighted by atomic mass is 10.1. The number of benzene rings is 1. The molecular weight excluding hydrogens is 326 g/mol. The Morgan fingerprint density at radius 2 is 1.69 bits per heavy atom. The van der Waals surface area contributed by atoms with Crippen molar-refractivity contribution in [2.45, 2.75) is 44.7 Å². The van der Waals surface area contributed by atoms with Crippen LogP contribution in [0.25, 0.3) is 0 Å². The van der Waals surface area contributed by atoms with Crippen LogP contribution in [0, 0.1) is 5.92 Å². The Bertz CT molecular complexity index is 634. The zero-order valence-electron chi connectivity index (χ0n) is 15.5. The van der Waals surface area contributed by atoms with Crippen LogP contribution in [0.1, 0.15) is 37.7 Å². The number of hydrogen-bond acceptors (Lipinski definition) is 3. The van der Waals surface area contributed by atoms with Crippen LogP contribution in [0.2, 0.25) is 0 Å². The summed E-state index contributed by atoms with van der Waals surface area (Å²) < 4.78 is 0. The van der Waals surface area contributed by atoms with E-state index in [1.54, 1.807) is 0 Å². The predicted octanol–water partition coefficient (Wildman–Crippen LogP) is 2.12. The predicted molar refractivity (Wildman–Crippen MR) is 100 cm³/mol. The first-order chi connectivity index (χ1) is 12.7. The molecule has 26 heavy (non-hydrogen) atoms. The Labute approximate surface area is 155 Å². The van der Waals surface area contributed by atoms with Crippen LogP contribution in [0.3, 0.4) is 0 Å². The summed E-state index contributed by atoms with van der Waals surface area (Å²) in [5.41, 5.74) is 1.32. The smallest absolute Gasteiger partial charge is 0.228 e. The minimum atomic E-state index is -0.122. The summed E-state index contributed by atoms with van der Waals surface area (Å²) >= 11 is 0. The van der Waals surface area contributed by atoms with Gasteiger partial charge in [0.2, 0.25) is 11.8 Å². The fourth-order valence-electron chi connectivity index (χ4n) is 4.69. The number of likely N-dealkylation sites (tertiary alicyclic amines) is 1. The molecule has 3 fully saturated rings. The highest BCUT2D eigenvalue weighted by atomic mass is 16.2. The van der Waals surface area contributed by atoms with Gasteiger partial charge in [0, 0.05) is 51.7 Å². The lowest BCUT2D eigenvalue weighted by molar-refractivity contribution is -0.137. The molecule has 2 heterocycles. The van der Waals surface area contributed by atoms with E-state index in [1.165, 1.54) is 18.4 Å². The molecule has 2 amide bonds. The number of hydrogen-bond donors (Lipinski definition) is 0. The SMILES string of the molecule is O=C(C1CC(=O)N(C2CCCC2)C1)N1CCN(Cc2ccccc2)CC1. The first-order valence-electron chi connectivity index (χ1n) is 10.1. The zero-order valence-corrected chi connectivity index (χ0v) is 15.5. The minimum absolute atomic E-state index is 0.122. The number of rotatable bonds is 4. The first kappa shape index (κ1) is 17.5. The van der Waals surface area contributed by atoms with Crippen LogP contribution in [0.15, 0.2) is 30.3 Å². The van der Waals surface area contributed by atoms with Crippen molar-refractivity contribution in [1.82, 2.24) is 14.7 Å². The number of piperazine rings is 1. The molecule has 140 valence electrons. The molecule has 1 saturated carbocycles. The van der Waals surface area contributed by atoms with Gasteiger partial charge in [-0.1, -0.05) is 43.2 Å². The van der Waals surface area contributed by atoms with E-state index >= 15 is 0 Å². The van der Waals surface area contributed by atoms with E-state index in [0.29, 0.717) is 19.0 Å². The van der Waals surface area contributed by atoms with Crippen molar-refractivity contribution < 1.29 is 9.59 Å². The Balaban J connectivity index is 1.28. The minimum Gasteiger partial charge on any atom is -0.340 e. The highest BCUT2D eigenvalue weighted by Gasteiger charge is 2.40. The number of nitrogens with zero attached hydrogens (tertiary/aromatic N) is 3. The summed E-state index contributed by atoms with van der Waals surface area (Å²) in [5.74, 6) is 0.264. The first-order valence-corrected chi connectivity index (χ1v) is 10.1. The maximum Gasteiger partial charge on any atom is 0.228 e. The maximum absolute atomic E-state index is 12.9. The fraction of sp³-hybridized carbons (Fsp3) is 0.619. The molecule has 0 spiro atoms. The molecule has 2 aliphatic heterocycles. The zero-order chi connectivity index (χ0) is 17.9. The van der Waals surface area contributed by atoms with Crippen LogP contribution in [-0.2, 0) is 16.1 Å². The van der Waals surface area contributed by atoms with Gasteiger partial charge in [-0.3, -0.25) is 14.5 Å². The molecule has 3 aliphatic rings. The Hall–Kier alpha value is -1.88. The molecule has 2 saturated heterocycles. The van der Waals surface area contributed by atoms with Gasteiger partial charge in [0.1, 0.15) is 0 Å². The standard InChI is InChI=1S/C21H29N3O2/c25-20-14-18(16-24(20)19-8-4-5-9-19)21(26)23-12-10-22(11-13-23)15-17-6-2-1-3-7-17/h1-3,6-7,18-19H,4-5,8-16H2. The second kappa shape index (κ2) is 7.78. The van der Waals surface area contributed by atoms with Crippen molar-refractivity contribution in [3.05, 3.63) is 35.9 Å². The molecule has 5 nitrogen and oxygen atoms in total. The summed E-state index contributed by atoms with van der Waals surface area (Å²) in [5, 5.41) is 0. The van der Waals surface area contributed by atoms with Crippen molar-refractivity contribution in [1.29, 1.82) is 0 Å². The van der Waals surface area contributed by atoms with E-state index in [4.69, 9.17) is 0 Å². The Morgan fingerprint density at radius 1 is 1.00 bits per heavy atom. The molecule has 5 heteroatoms. The monoisotopic (exact) mass is 355 g/mol. The molecule has 1 unspecified atom stereocenters. The molecule has 0 radical (unpaired) electrons. The number of carbonyl (C=O) groups is 2. The number of amides is 2. The Morgan fingerprint density at radius 3 is 2.38 bits per heavy atom. The van der Waals surface area contributed by atoms with E-state index in [-0.39, 0.29) is 17.7 Å². The van der Waals surface area contributed by atoms with Crippen molar-refractivity contribution in [3.8, 4) is 0 Å². The third kappa shape index (κ3) is 3.78. The molecule has 1 atom stereocenters. The van der Waals surface area contributed by atoms with Gasteiger partial charge >= 0.3 is 0 Å². The summed E-state index contributed by atoms with van der Waals surface area (Å²) in [7, 11) is 0. The molecule has 0 aromatic heterocycles. The van der Waals surface area contributed by atoms with Crippen LogP contribution in [-0.4, -0.2) is 65.3 Å². The van der Waals surface area contributed by atoms with Gasteiger partial charge in [-0.25, -0.2) is 0 Å². The lowest BCUT2D eigenvalue weighted by Crippen LogP contribution is -2.50. The van der Waals surface area contributed by atoms with E-state index in [0.717, 1.165) is 45.6 Å². The van der Waals surface area contributed by atoms with Gasteiger partial charge in [-0.15, -0.1) is 0 Å². The average molecular weight is 355 g/mol. The summed E-state index contributed by atoms with van der Waals surface area (Å²) in [4.78, 5) is 31.7. The molecular formula is C21H29N3O2. The molecule has 1 aromatic carbocycles. The van der Waals surface area contributed by atoms with Crippen LogP contribution in [0.5, 0.6) is 0 Å². The van der Waals surface area contributed by atoms with Crippen LogP contribution >= 0.6 is 0 Å². The highest BCUT2D eigenvalue weighted by Crippen LogP contribution is 2.30. The third-order valence-corrected chi connectivity index (χ3v) is 6.21. The summed E-state index contributed by atoms with van der Waals surface area (Å²) in [6.45, 7) is 4.97. The summed E-state index contributed by atoms with van der Waals surface area (Å²) in [6.07, 6.45) is 5.09. The van der Waals surface area contributed by atoms with Crippen molar-refractivity contribution in [2.24, 2.45) is 5.92 Å². The van der Waals surface area contributed by atoms with Gasteiger partial charge in [-0.2, -0.15) is 0 Å². The summed E-state index contributed by atoms with van der Waals surface area (Å²) in [6, 6.07) is 10.9. The van der Waals surface area contributed by atoms with E-state index in [1.807, 2.05) is 15.9 Å². The highest BCUT2D eigenvalue weighted by molar-refractivity contribution is 5.89. The molecule has 0 N–H and O–H groups in total. The van der Waals surface area contributed by atoms with E-state index in [2.05, 4.69) is 29.2 Å². The Kier molecular flexibility index (Phi) is 5.25. The van der Waals surface area contributed by atoms with Gasteiger partial charge in [0.25, 0.3) is 0 Å². The van der Waals surface area contributed by atoms with Crippen LogP contribution < -0.4 is 0 Å². The topological polar surface area (TPSA) is 43.9 Å². The van der Waals surface area contributed by atoms with Gasteiger partial charge in [0.05, 0.1) is 5.92 Å². The second-order valence-electron chi connectivity index (χ2n) is 7.97. The van der Waals surface area contributed by atoms with E-state index in [9.17, 15) is 9.59 Å². The van der Waals surface area contributed by atoms with Crippen molar-refractivity contribution in [3.63, 3.8) is 0 Å². The third-order valence-electron chi connectivity index (χ3n) is 6.21. The lowest BCUT2D eigenvalue weighted by Gasteiger charge is -2.36. The van der Waals surface area contributed by atoms with E-state index < -0.39 is 0 Å². The largest absolute Gasteiger partial charge is 0.340 e. The molecule has 4 rings (SSSR count). The van der Waals surface area contributed by atoms with Gasteiger partial charge < -0.3 is 9.80 Å². The van der Waals surface area contributed by atoms with Gasteiger partial charge in [-0.05, 0) is 18.4 Å². The maximum atomic E-state index is 12.9. The van der Waals surface area contributed by atoms with Crippen LogP contribution in [0.4, 0.5) is 0 Å². The fourth-order valence-corrected chi connectivity index (χ4v) is 4.69. The average Bonchev–Trinajstić information content (AvgIpc) is 3.32. The van der Waals surface area contributed by atoms with Gasteiger partial charge in [0.15, 0.2) is 0 Å². The van der Waals surface area contributed by atoms with Crippen molar-refractivity contribution >= 4 is 11.8 Å². The number of carbonyl (C=O) groups excluding carboxylic acids is 2. The molecule has 1 aromatic rings. The normalized spacial score (nSPS) is 25.2. The molecule has 0 bridgehead atoms. The quantitative estimate of drug-likeness (QED) is 0.831. The second-order valence-corrected chi connectivity index (χ2v) is 7.97. The van der Waals surface area contributed by atoms with Crippen molar-refractivity contribution in [2.75, 3.05) is 32.7 Å². The molecule has 1 aliphatic carbocycles.